The zero-order valence-electron chi connectivity index (χ0n) is 60.2. The molecule has 0 aromatic heterocycles. The van der Waals surface area contributed by atoms with Gasteiger partial charge >= 0.3 is 0 Å². The van der Waals surface area contributed by atoms with Gasteiger partial charge in [0.25, 0.3) is 0 Å². The van der Waals surface area contributed by atoms with Crippen molar-refractivity contribution >= 4 is 23.6 Å². The molecule has 0 N–H and O–H groups in total. The van der Waals surface area contributed by atoms with Gasteiger partial charge in [0.2, 0.25) is 23.6 Å². The second kappa shape index (κ2) is 60.6. The molecule has 6 atom stereocenters. The molecular weight excluding hydrogens is 1120 g/mol. The molecule has 4 rings (SSSR count). The first-order valence-corrected chi connectivity index (χ1v) is 37.8. The largest absolute Gasteiger partial charge is 0.378 e. The van der Waals surface area contributed by atoms with E-state index in [0.717, 1.165) is 90.9 Å². The Bertz CT molecular complexity index is 1760. The topological polar surface area (TPSA) is 118 Å². The van der Waals surface area contributed by atoms with Crippen LogP contribution in [0.1, 0.15) is 325 Å². The summed E-state index contributed by atoms with van der Waals surface area (Å²) in [5.74, 6) is 1.26. The number of rotatable bonds is 46. The number of hydrogen-bond acceptors (Lipinski definition) is 8. The van der Waals surface area contributed by atoms with Gasteiger partial charge in [0.05, 0.1) is 49.8 Å². The molecule has 4 fully saturated rings. The number of morpholine rings is 4. The lowest BCUT2D eigenvalue weighted by Crippen LogP contribution is -2.48. The van der Waals surface area contributed by atoms with Gasteiger partial charge < -0.3 is 38.5 Å². The summed E-state index contributed by atoms with van der Waals surface area (Å²) in [5, 5.41) is 0. The molecule has 4 aliphatic rings. The Morgan fingerprint density at radius 2 is 0.511 bits per heavy atom. The first-order valence-electron chi connectivity index (χ1n) is 37.8. The Morgan fingerprint density at radius 3 is 0.733 bits per heavy atom. The van der Waals surface area contributed by atoms with Crippen molar-refractivity contribution in [1.29, 1.82) is 0 Å². The predicted molar refractivity (Wildman–Crippen MR) is 381 cm³/mol. The Labute approximate surface area is 555 Å². The fourth-order valence-electron chi connectivity index (χ4n) is 12.7. The van der Waals surface area contributed by atoms with Crippen LogP contribution < -0.4 is 0 Å². The first kappa shape index (κ1) is 84.7. The fourth-order valence-corrected chi connectivity index (χ4v) is 12.7. The zero-order valence-corrected chi connectivity index (χ0v) is 60.2. The van der Waals surface area contributed by atoms with Crippen LogP contribution in [-0.4, -0.2) is 145 Å². The Balaban J connectivity index is 0.000000602. The minimum absolute atomic E-state index is 0.174. The van der Waals surface area contributed by atoms with Gasteiger partial charge in [0, 0.05) is 78.0 Å². The number of ether oxygens (including phenoxy) is 4. The van der Waals surface area contributed by atoms with E-state index in [-0.39, 0.29) is 36.6 Å². The molecule has 12 nitrogen and oxygen atoms in total. The molecule has 0 aromatic carbocycles. The van der Waals surface area contributed by atoms with E-state index in [9.17, 15) is 19.2 Å². The van der Waals surface area contributed by atoms with E-state index in [1.165, 1.54) is 212 Å². The van der Waals surface area contributed by atoms with E-state index in [1.54, 1.807) is 0 Å². The molecule has 6 unspecified atom stereocenters. The van der Waals surface area contributed by atoms with E-state index in [2.05, 4.69) is 65.2 Å². The SMILES string of the molecule is C=CCCCCCCCCC(=O)N1CC(C)OC(C)C1.C=CCCCCCCCCCCCCCCCC(=O)N1CCOCC1.CC=CCCCCCCCCCC(=O)N1CC(C)OC(C)C1.CC=CCCCCCCCCCCC(=O)N1CC(C)OC(C)C1. The van der Waals surface area contributed by atoms with Crippen molar-refractivity contribution in [3.63, 3.8) is 0 Å². The van der Waals surface area contributed by atoms with Crippen molar-refractivity contribution < 1.29 is 38.1 Å². The Hall–Kier alpha value is -3.32. The van der Waals surface area contributed by atoms with Gasteiger partial charge in [-0.1, -0.05) is 203 Å². The van der Waals surface area contributed by atoms with Crippen LogP contribution in [0.4, 0.5) is 0 Å². The van der Waals surface area contributed by atoms with Gasteiger partial charge in [0.15, 0.2) is 0 Å². The number of carbonyl (C=O) groups is 4. The molecular formula is C78H144N4O8. The van der Waals surface area contributed by atoms with E-state index < -0.39 is 0 Å². The summed E-state index contributed by atoms with van der Waals surface area (Å²) in [5.41, 5.74) is 0. The van der Waals surface area contributed by atoms with Crippen molar-refractivity contribution in [2.75, 3.05) is 65.6 Å². The molecule has 0 aliphatic carbocycles. The Kier molecular flexibility index (Phi) is 57.0. The van der Waals surface area contributed by atoms with Crippen LogP contribution in [0.3, 0.4) is 0 Å². The van der Waals surface area contributed by atoms with Gasteiger partial charge in [-0.25, -0.2) is 0 Å². The molecule has 0 saturated carbocycles. The minimum Gasteiger partial charge on any atom is -0.378 e. The van der Waals surface area contributed by atoms with Gasteiger partial charge in [0.1, 0.15) is 0 Å². The van der Waals surface area contributed by atoms with E-state index in [4.69, 9.17) is 18.9 Å². The van der Waals surface area contributed by atoms with Gasteiger partial charge in [-0.3, -0.25) is 19.2 Å². The summed E-state index contributed by atoms with van der Waals surface area (Å²) in [6.45, 7) is 31.5. The molecule has 4 heterocycles. The lowest BCUT2D eigenvalue weighted by atomic mass is 10.0. The molecule has 4 aliphatic heterocycles. The van der Waals surface area contributed by atoms with Crippen LogP contribution in [0.2, 0.25) is 0 Å². The van der Waals surface area contributed by atoms with E-state index >= 15 is 0 Å². The first-order chi connectivity index (χ1) is 43.7. The molecule has 4 saturated heterocycles. The molecule has 12 heteroatoms. The fraction of sp³-hybridized carbons (Fsp3) is 0.846. The van der Waals surface area contributed by atoms with Crippen LogP contribution in [0.5, 0.6) is 0 Å². The molecule has 0 spiro atoms. The molecule has 0 bridgehead atoms. The quantitative estimate of drug-likeness (QED) is 0.0437. The maximum atomic E-state index is 12.2. The van der Waals surface area contributed by atoms with E-state index in [0.29, 0.717) is 56.1 Å². The second-order valence-corrected chi connectivity index (χ2v) is 27.1. The van der Waals surface area contributed by atoms with Crippen molar-refractivity contribution in [1.82, 2.24) is 19.6 Å². The molecule has 90 heavy (non-hydrogen) atoms. The average molecular weight is 1270 g/mol. The highest BCUT2D eigenvalue weighted by Crippen LogP contribution is 2.20. The van der Waals surface area contributed by atoms with Crippen molar-refractivity contribution in [3.8, 4) is 0 Å². The summed E-state index contributed by atoms with van der Waals surface area (Å²) in [4.78, 5) is 56.4. The number of hydrogen-bond donors (Lipinski definition) is 0. The van der Waals surface area contributed by atoms with Crippen molar-refractivity contribution in [2.24, 2.45) is 0 Å². The standard InChI is InChI=1S/C22H41NO2.C20H37NO2.C19H35NO2.C17H31NO2/c1-2-3-4-5-6-7-8-9-10-11-12-13-14-15-16-17-22(24)23-18-20-25-21-19-23;1-4-5-6-7-8-9-10-11-12-13-14-15-20(22)21-16-18(2)23-19(3)17-21;1-4-5-6-7-8-9-10-11-12-13-14-19(21)20-15-17(2)22-18(3)16-20;1-4-5-6-7-8-9-10-11-12-17(19)18-13-15(2)20-16(3)14-18/h2H,1,3-21H2;4-5,18-19H,6-17H2,1-3H3;4-5,17-18H,6-16H2,1-3H3;4,15-16H,1,5-14H2,2-3H3. The summed E-state index contributed by atoms with van der Waals surface area (Å²) in [7, 11) is 0. The van der Waals surface area contributed by atoms with Crippen LogP contribution in [-0.2, 0) is 38.1 Å². The third-order valence-corrected chi connectivity index (χ3v) is 17.8. The normalized spacial score (nSPS) is 20.2. The monoisotopic (exact) mass is 1270 g/mol. The highest BCUT2D eigenvalue weighted by Gasteiger charge is 2.28. The zero-order chi connectivity index (χ0) is 65.9. The predicted octanol–water partition coefficient (Wildman–Crippen LogP) is 19.6. The van der Waals surface area contributed by atoms with Gasteiger partial charge in [-0.15, -0.1) is 13.2 Å². The van der Waals surface area contributed by atoms with Crippen LogP contribution in [0.15, 0.2) is 49.6 Å². The molecule has 0 aromatic rings. The van der Waals surface area contributed by atoms with Crippen molar-refractivity contribution in [2.45, 2.75) is 362 Å². The van der Waals surface area contributed by atoms with Gasteiger partial charge in [-0.05, 0) is 132 Å². The Morgan fingerprint density at radius 1 is 0.311 bits per heavy atom. The summed E-state index contributed by atoms with van der Waals surface area (Å²) < 4.78 is 22.3. The van der Waals surface area contributed by atoms with Crippen LogP contribution in [0.25, 0.3) is 0 Å². The van der Waals surface area contributed by atoms with Crippen molar-refractivity contribution in [3.05, 3.63) is 49.6 Å². The molecule has 4 amide bonds. The molecule has 0 radical (unpaired) electrons. The molecule has 524 valence electrons. The maximum absolute atomic E-state index is 12.2. The minimum atomic E-state index is 0.174. The summed E-state index contributed by atoms with van der Waals surface area (Å²) in [6.07, 6.45) is 65.2. The summed E-state index contributed by atoms with van der Waals surface area (Å²) in [6, 6.07) is 0. The highest BCUT2D eigenvalue weighted by molar-refractivity contribution is 5.77. The lowest BCUT2D eigenvalue weighted by Gasteiger charge is -2.35. The maximum Gasteiger partial charge on any atom is 0.222 e. The number of nitrogens with zero attached hydrogens (tertiary/aromatic N) is 4. The highest BCUT2D eigenvalue weighted by atomic mass is 16.5. The third-order valence-electron chi connectivity index (χ3n) is 17.8. The summed E-state index contributed by atoms with van der Waals surface area (Å²) >= 11 is 0. The third kappa shape index (κ3) is 50.2. The average Bonchev–Trinajstić information content (AvgIpc) is 3.73. The lowest BCUT2D eigenvalue weighted by molar-refractivity contribution is -0.143. The van der Waals surface area contributed by atoms with Crippen LogP contribution >= 0.6 is 0 Å². The van der Waals surface area contributed by atoms with Crippen LogP contribution in [0, 0.1) is 0 Å². The van der Waals surface area contributed by atoms with E-state index in [1.807, 2.05) is 59.4 Å². The van der Waals surface area contributed by atoms with Gasteiger partial charge in [-0.2, -0.15) is 0 Å². The number of allylic oxidation sites excluding steroid dienone is 6. The number of carbonyl (C=O) groups excluding carboxylic acids is 4. The second-order valence-electron chi connectivity index (χ2n) is 27.1. The number of amides is 4. The smallest absolute Gasteiger partial charge is 0.222 e. The number of unbranched alkanes of at least 4 members (excludes halogenated alkanes) is 34.